The number of hydrogen-bond acceptors (Lipinski definition) is 4. The molecular weight excluding hydrogens is 219 g/mol. The highest BCUT2D eigenvalue weighted by Gasteiger charge is 2.02. The van der Waals surface area contributed by atoms with E-state index in [0.29, 0.717) is 0 Å². The van der Waals surface area contributed by atoms with Crippen LogP contribution in [0.4, 0.5) is 0 Å². The van der Waals surface area contributed by atoms with E-state index in [1.165, 1.54) is 19.8 Å². The molecule has 0 bridgehead atoms. The molecule has 0 heterocycles. The van der Waals surface area contributed by atoms with E-state index in [1.807, 2.05) is 0 Å². The molecule has 0 aromatic heterocycles. The molecule has 0 aromatic rings. The topological polar surface area (TPSA) is 72.8 Å². The van der Waals surface area contributed by atoms with Gasteiger partial charge in [-0.3, -0.25) is 9.09 Å². The summed E-state index contributed by atoms with van der Waals surface area (Å²) in [5.74, 6) is -0.645. The molecule has 0 aromatic carbocycles. The Balaban J connectivity index is 0. The molecule has 0 saturated heterocycles. The first-order valence-electron chi connectivity index (χ1n) is 4.64. The summed E-state index contributed by atoms with van der Waals surface area (Å²) in [4.78, 5) is 18.7. The highest BCUT2D eigenvalue weighted by atomic mass is 31.1. The predicted octanol–water partition coefficient (Wildman–Crippen LogP) is 2.27. The molecule has 0 rings (SSSR count). The second-order valence-corrected chi connectivity index (χ2v) is 3.56. The second-order valence-electron chi connectivity index (χ2n) is 2.74. The lowest BCUT2D eigenvalue weighted by Gasteiger charge is -2.01. The molecule has 5 nitrogen and oxygen atoms in total. The van der Waals surface area contributed by atoms with Gasteiger partial charge in [-0.05, 0) is 6.92 Å². The molecule has 15 heavy (non-hydrogen) atoms. The molecule has 1 atom stereocenters. The van der Waals surface area contributed by atoms with Crippen LogP contribution in [-0.2, 0) is 18.6 Å². The van der Waals surface area contributed by atoms with Crippen LogP contribution in [0, 0.1) is 0 Å². The molecule has 0 spiro atoms. The summed E-state index contributed by atoms with van der Waals surface area (Å²) >= 11 is 0. The van der Waals surface area contributed by atoms with Crippen molar-refractivity contribution in [2.75, 3.05) is 6.79 Å². The van der Waals surface area contributed by atoms with Gasteiger partial charge in [0.2, 0.25) is 6.79 Å². The summed E-state index contributed by atoms with van der Waals surface area (Å²) in [6, 6.07) is 0. The molecule has 90 valence electrons. The standard InChI is InChI=1S/C5H9O5P.C4H10/c1-4(2)5(6)9-3-10-11(7)8;1-3-4-2/h11H,1,3H2,2H3,(H,7,8);3-4H2,1-2H3. The first-order chi connectivity index (χ1) is 6.95. The molecule has 0 aliphatic heterocycles. The largest absolute Gasteiger partial charge is 0.435 e. The SMILES string of the molecule is C=C(C)C(=O)OCO[PH](=O)O.CCCC. The number of unbranched alkanes of at least 4 members (excludes halogenated alkanes) is 1. The second kappa shape index (κ2) is 11.4. The monoisotopic (exact) mass is 238 g/mol. The van der Waals surface area contributed by atoms with Gasteiger partial charge >= 0.3 is 14.2 Å². The van der Waals surface area contributed by atoms with Crippen molar-refractivity contribution < 1.29 is 23.5 Å². The fourth-order valence-electron chi connectivity index (χ4n) is 0.257. The van der Waals surface area contributed by atoms with E-state index < -0.39 is 21.0 Å². The lowest BCUT2D eigenvalue weighted by atomic mass is 10.4. The average Bonchev–Trinajstić information content (AvgIpc) is 2.17. The molecule has 0 aliphatic rings. The van der Waals surface area contributed by atoms with Crippen molar-refractivity contribution in [3.63, 3.8) is 0 Å². The van der Waals surface area contributed by atoms with Crippen LogP contribution in [0.3, 0.4) is 0 Å². The minimum absolute atomic E-state index is 0.214. The van der Waals surface area contributed by atoms with Crippen LogP contribution in [0.25, 0.3) is 0 Å². The maximum Gasteiger partial charge on any atom is 0.335 e. The third-order valence-corrected chi connectivity index (χ3v) is 1.59. The van der Waals surface area contributed by atoms with Gasteiger partial charge in [-0.2, -0.15) is 0 Å². The lowest BCUT2D eigenvalue weighted by Crippen LogP contribution is -2.06. The van der Waals surface area contributed by atoms with Crippen molar-refractivity contribution in [3.05, 3.63) is 12.2 Å². The summed E-state index contributed by atoms with van der Waals surface area (Å²) < 4.78 is 18.3. The van der Waals surface area contributed by atoms with Crippen LogP contribution in [0.1, 0.15) is 33.6 Å². The van der Waals surface area contributed by atoms with Crippen molar-refractivity contribution in [2.45, 2.75) is 33.6 Å². The highest BCUT2D eigenvalue weighted by molar-refractivity contribution is 7.32. The zero-order valence-electron chi connectivity index (χ0n) is 9.41. The molecule has 0 aliphatic carbocycles. The van der Waals surface area contributed by atoms with Crippen LogP contribution in [0.15, 0.2) is 12.2 Å². The molecule has 6 heteroatoms. The molecule has 1 unspecified atom stereocenters. The van der Waals surface area contributed by atoms with Crippen LogP contribution in [0.2, 0.25) is 0 Å². The van der Waals surface area contributed by atoms with E-state index in [-0.39, 0.29) is 5.57 Å². The van der Waals surface area contributed by atoms with Gasteiger partial charge in [0, 0.05) is 5.57 Å². The van der Waals surface area contributed by atoms with E-state index in [1.54, 1.807) is 0 Å². The molecule has 0 amide bonds. The zero-order chi connectivity index (χ0) is 12.3. The Kier molecular flexibility index (Phi) is 12.8. The Morgan fingerprint density at radius 3 is 2.13 bits per heavy atom. The quantitative estimate of drug-likeness (QED) is 0.344. The van der Waals surface area contributed by atoms with Crippen LogP contribution >= 0.6 is 8.25 Å². The third-order valence-electron chi connectivity index (χ3n) is 1.22. The Morgan fingerprint density at radius 1 is 1.40 bits per heavy atom. The summed E-state index contributed by atoms with van der Waals surface area (Å²) in [6.07, 6.45) is 2.64. The predicted molar refractivity (Wildman–Crippen MR) is 58.7 cm³/mol. The van der Waals surface area contributed by atoms with Gasteiger partial charge in [-0.15, -0.1) is 0 Å². The minimum Gasteiger partial charge on any atom is -0.435 e. The first-order valence-corrected chi connectivity index (χ1v) is 5.90. The smallest absolute Gasteiger partial charge is 0.335 e. The summed E-state index contributed by atoms with van der Waals surface area (Å²) in [5, 5.41) is 0. The third kappa shape index (κ3) is 16.1. The Hall–Kier alpha value is -0.640. The highest BCUT2D eigenvalue weighted by Crippen LogP contribution is 2.13. The van der Waals surface area contributed by atoms with E-state index in [0.717, 1.165) is 0 Å². The van der Waals surface area contributed by atoms with Gasteiger partial charge in [-0.25, -0.2) is 4.79 Å². The number of carbonyl (C=O) groups is 1. The van der Waals surface area contributed by atoms with Gasteiger partial charge in [0.15, 0.2) is 0 Å². The Bertz CT molecular complexity index is 213. The maximum atomic E-state index is 10.6. The van der Waals surface area contributed by atoms with Crippen molar-refractivity contribution in [3.8, 4) is 0 Å². The van der Waals surface area contributed by atoms with Crippen molar-refractivity contribution in [2.24, 2.45) is 0 Å². The van der Waals surface area contributed by atoms with Crippen LogP contribution in [-0.4, -0.2) is 17.7 Å². The molecule has 0 fully saturated rings. The summed E-state index contributed by atoms with van der Waals surface area (Å²) in [5.41, 5.74) is 0.214. The van der Waals surface area contributed by atoms with Gasteiger partial charge < -0.3 is 9.63 Å². The van der Waals surface area contributed by atoms with Gasteiger partial charge in [-0.1, -0.05) is 33.3 Å². The maximum absolute atomic E-state index is 10.6. The summed E-state index contributed by atoms with van der Waals surface area (Å²) in [7, 11) is -3.01. The Morgan fingerprint density at radius 2 is 1.87 bits per heavy atom. The number of carbonyl (C=O) groups excluding carboxylic acids is 1. The van der Waals surface area contributed by atoms with Gasteiger partial charge in [0.25, 0.3) is 0 Å². The summed E-state index contributed by atoms with van der Waals surface area (Å²) in [6.45, 7) is 8.60. The number of ether oxygens (including phenoxy) is 1. The lowest BCUT2D eigenvalue weighted by molar-refractivity contribution is -0.145. The van der Waals surface area contributed by atoms with E-state index in [9.17, 15) is 9.36 Å². The van der Waals surface area contributed by atoms with Crippen molar-refractivity contribution in [1.29, 1.82) is 0 Å². The van der Waals surface area contributed by atoms with Gasteiger partial charge in [0.05, 0.1) is 0 Å². The fraction of sp³-hybridized carbons (Fsp3) is 0.667. The van der Waals surface area contributed by atoms with E-state index in [4.69, 9.17) is 4.89 Å². The van der Waals surface area contributed by atoms with Crippen LogP contribution < -0.4 is 0 Å². The Labute approximate surface area is 91.0 Å². The first kappa shape index (κ1) is 16.8. The number of hydrogen-bond donors (Lipinski definition) is 1. The fourth-order valence-corrected chi connectivity index (χ4v) is 0.416. The van der Waals surface area contributed by atoms with E-state index >= 15 is 0 Å². The van der Waals surface area contributed by atoms with Crippen molar-refractivity contribution >= 4 is 14.2 Å². The van der Waals surface area contributed by atoms with E-state index in [2.05, 4.69) is 29.7 Å². The average molecular weight is 238 g/mol. The zero-order valence-corrected chi connectivity index (χ0v) is 10.4. The molecule has 1 N–H and O–H groups in total. The molecular formula is C9H19O5P. The van der Waals surface area contributed by atoms with Gasteiger partial charge in [0.1, 0.15) is 0 Å². The minimum atomic E-state index is -3.01. The van der Waals surface area contributed by atoms with Crippen LogP contribution in [0.5, 0.6) is 0 Å². The molecule has 0 saturated carbocycles. The number of esters is 1. The van der Waals surface area contributed by atoms with Crippen molar-refractivity contribution in [1.82, 2.24) is 0 Å². The number of rotatable bonds is 5. The molecule has 0 radical (unpaired) electrons. The normalized spacial score (nSPS) is 10.9.